The number of sulfone groups is 1. The van der Waals surface area contributed by atoms with Crippen LogP contribution in [0.15, 0.2) is 11.2 Å². The van der Waals surface area contributed by atoms with E-state index in [1.54, 1.807) is 13.0 Å². The van der Waals surface area contributed by atoms with Crippen molar-refractivity contribution in [2.75, 3.05) is 23.6 Å². The molecule has 0 amide bonds. The van der Waals surface area contributed by atoms with Gasteiger partial charge >= 0.3 is 0 Å². The normalized spacial score (nSPS) is 13.4. The number of anilines is 1. The summed E-state index contributed by atoms with van der Waals surface area (Å²) >= 11 is 7.20. The Labute approximate surface area is 110 Å². The Kier molecular flexibility index (Phi) is 5.03. The molecule has 8 heteroatoms. The van der Waals surface area contributed by atoms with Crippen molar-refractivity contribution in [2.24, 2.45) is 0 Å². The van der Waals surface area contributed by atoms with E-state index < -0.39 is 9.84 Å². The van der Waals surface area contributed by atoms with E-state index in [9.17, 15) is 8.42 Å². The highest BCUT2D eigenvalue weighted by Crippen LogP contribution is 2.17. The summed E-state index contributed by atoms with van der Waals surface area (Å²) in [5, 5.41) is 3.87. The van der Waals surface area contributed by atoms with Crippen molar-refractivity contribution < 1.29 is 8.42 Å². The average Bonchev–Trinajstić information content (AvgIpc) is 2.13. The van der Waals surface area contributed by atoms with Gasteiger partial charge in [0.1, 0.15) is 20.8 Å². The molecular weight excluding hydrogens is 282 g/mol. The second kappa shape index (κ2) is 5.88. The van der Waals surface area contributed by atoms with Crippen LogP contribution in [0.3, 0.4) is 0 Å². The third-order valence-electron chi connectivity index (χ3n) is 1.80. The summed E-state index contributed by atoms with van der Waals surface area (Å²) in [6.07, 6.45) is 3.04. The fourth-order valence-electron chi connectivity index (χ4n) is 1.31. The predicted octanol–water partition coefficient (Wildman–Crippen LogP) is 1.70. The van der Waals surface area contributed by atoms with Crippen molar-refractivity contribution in [3.63, 3.8) is 0 Å². The molecule has 0 saturated heterocycles. The molecular formula is C9H14ClN3O2S2. The van der Waals surface area contributed by atoms with Gasteiger partial charge in [-0.2, -0.15) is 0 Å². The molecule has 0 fully saturated rings. The van der Waals surface area contributed by atoms with Crippen LogP contribution in [0.1, 0.15) is 6.92 Å². The lowest BCUT2D eigenvalue weighted by molar-refractivity contribution is 0.598. The maximum absolute atomic E-state index is 11.1. The number of nitrogens with one attached hydrogen (secondary N) is 1. The maximum atomic E-state index is 11.1. The molecule has 5 nitrogen and oxygen atoms in total. The monoisotopic (exact) mass is 295 g/mol. The van der Waals surface area contributed by atoms with Crippen molar-refractivity contribution in [3.8, 4) is 0 Å². The zero-order chi connectivity index (χ0) is 13.1. The first kappa shape index (κ1) is 14.5. The SMILES string of the molecule is CSc1nc(Cl)cc(NC(C)CS(C)(=O)=O)n1. The zero-order valence-corrected chi connectivity index (χ0v) is 12.2. The average molecular weight is 296 g/mol. The molecule has 0 aliphatic carbocycles. The number of nitrogens with zero attached hydrogens (tertiary/aromatic N) is 2. The summed E-state index contributed by atoms with van der Waals surface area (Å²) in [6.45, 7) is 1.77. The Balaban J connectivity index is 2.77. The van der Waals surface area contributed by atoms with E-state index in [1.807, 2.05) is 6.26 Å². The lowest BCUT2D eigenvalue weighted by Crippen LogP contribution is -2.25. The van der Waals surface area contributed by atoms with Crippen molar-refractivity contribution in [1.82, 2.24) is 9.97 Å². The van der Waals surface area contributed by atoms with Crippen LogP contribution >= 0.6 is 23.4 Å². The quantitative estimate of drug-likeness (QED) is 0.506. The minimum Gasteiger partial charge on any atom is -0.366 e. The highest BCUT2D eigenvalue weighted by atomic mass is 35.5. The number of thioether (sulfide) groups is 1. The van der Waals surface area contributed by atoms with Crippen LogP contribution in [-0.2, 0) is 9.84 Å². The van der Waals surface area contributed by atoms with Gasteiger partial charge in [-0.1, -0.05) is 23.4 Å². The molecule has 0 radical (unpaired) electrons. The largest absolute Gasteiger partial charge is 0.366 e. The molecule has 0 aromatic carbocycles. The first-order valence-corrected chi connectivity index (χ1v) is 8.49. The fraction of sp³-hybridized carbons (Fsp3) is 0.556. The number of aromatic nitrogens is 2. The van der Waals surface area contributed by atoms with Crippen molar-refractivity contribution in [1.29, 1.82) is 0 Å². The lowest BCUT2D eigenvalue weighted by atomic mass is 10.4. The molecule has 17 heavy (non-hydrogen) atoms. The Morgan fingerprint density at radius 3 is 2.71 bits per heavy atom. The van der Waals surface area contributed by atoms with Crippen molar-refractivity contribution in [3.05, 3.63) is 11.2 Å². The van der Waals surface area contributed by atoms with Gasteiger partial charge in [-0.05, 0) is 13.2 Å². The summed E-state index contributed by atoms with van der Waals surface area (Å²) in [7, 11) is -3.01. The molecule has 0 aliphatic heterocycles. The Morgan fingerprint density at radius 2 is 2.18 bits per heavy atom. The van der Waals surface area contributed by atoms with E-state index >= 15 is 0 Å². The van der Waals surface area contributed by atoms with Gasteiger partial charge in [-0.25, -0.2) is 18.4 Å². The molecule has 0 spiro atoms. The molecule has 1 heterocycles. The van der Waals surface area contributed by atoms with E-state index in [1.165, 1.54) is 18.0 Å². The molecule has 1 aromatic heterocycles. The summed E-state index contributed by atoms with van der Waals surface area (Å²) in [4.78, 5) is 8.18. The summed E-state index contributed by atoms with van der Waals surface area (Å²) in [5.41, 5.74) is 0. The molecule has 1 N–H and O–H groups in total. The molecule has 1 unspecified atom stereocenters. The Morgan fingerprint density at radius 1 is 1.53 bits per heavy atom. The van der Waals surface area contributed by atoms with Crippen LogP contribution in [0.25, 0.3) is 0 Å². The first-order valence-electron chi connectivity index (χ1n) is 4.83. The molecule has 1 rings (SSSR count). The highest BCUT2D eigenvalue weighted by Gasteiger charge is 2.11. The van der Waals surface area contributed by atoms with Gasteiger partial charge < -0.3 is 5.32 Å². The molecule has 1 aromatic rings. The van der Waals surface area contributed by atoms with E-state index in [0.29, 0.717) is 16.1 Å². The van der Waals surface area contributed by atoms with Crippen LogP contribution in [-0.4, -0.2) is 42.7 Å². The lowest BCUT2D eigenvalue weighted by Gasteiger charge is -2.13. The van der Waals surface area contributed by atoms with Gasteiger partial charge in [0, 0.05) is 18.4 Å². The van der Waals surface area contributed by atoms with Crippen molar-refractivity contribution in [2.45, 2.75) is 18.1 Å². The second-order valence-electron chi connectivity index (χ2n) is 3.70. The Hall–Kier alpha value is -0.530. The first-order chi connectivity index (χ1) is 7.80. The zero-order valence-electron chi connectivity index (χ0n) is 9.77. The van der Waals surface area contributed by atoms with Crippen LogP contribution in [0.2, 0.25) is 5.15 Å². The van der Waals surface area contributed by atoms with Gasteiger partial charge in [-0.3, -0.25) is 0 Å². The number of hydrogen-bond acceptors (Lipinski definition) is 6. The summed E-state index contributed by atoms with van der Waals surface area (Å²) in [6, 6.07) is 1.34. The summed E-state index contributed by atoms with van der Waals surface area (Å²) in [5.74, 6) is 0.578. The van der Waals surface area contributed by atoms with Gasteiger partial charge in [-0.15, -0.1) is 0 Å². The topological polar surface area (TPSA) is 72.0 Å². The summed E-state index contributed by atoms with van der Waals surface area (Å²) < 4.78 is 22.2. The minimum atomic E-state index is -3.01. The predicted molar refractivity (Wildman–Crippen MR) is 71.6 cm³/mol. The van der Waals surface area contributed by atoms with Gasteiger partial charge in [0.2, 0.25) is 0 Å². The smallest absolute Gasteiger partial charge is 0.190 e. The van der Waals surface area contributed by atoms with E-state index in [0.717, 1.165) is 0 Å². The van der Waals surface area contributed by atoms with Crippen LogP contribution in [0.5, 0.6) is 0 Å². The molecule has 0 bridgehead atoms. The van der Waals surface area contributed by atoms with Crippen LogP contribution < -0.4 is 5.32 Å². The number of halogens is 1. The second-order valence-corrected chi connectivity index (χ2v) is 7.05. The van der Waals surface area contributed by atoms with Crippen LogP contribution in [0.4, 0.5) is 5.82 Å². The molecule has 96 valence electrons. The van der Waals surface area contributed by atoms with Crippen molar-refractivity contribution >= 4 is 39.0 Å². The number of rotatable bonds is 5. The molecule has 1 atom stereocenters. The van der Waals surface area contributed by atoms with Gasteiger partial charge in [0.25, 0.3) is 0 Å². The third-order valence-corrected chi connectivity index (χ3v) is 3.65. The molecule has 0 aliphatic rings. The Bertz CT molecular complexity index is 493. The van der Waals surface area contributed by atoms with Gasteiger partial charge in [0.15, 0.2) is 5.16 Å². The highest BCUT2D eigenvalue weighted by molar-refractivity contribution is 7.98. The maximum Gasteiger partial charge on any atom is 0.190 e. The van der Waals surface area contributed by atoms with E-state index in [4.69, 9.17) is 11.6 Å². The third kappa shape index (κ3) is 5.56. The van der Waals surface area contributed by atoms with Gasteiger partial charge in [0.05, 0.1) is 5.75 Å². The number of hydrogen-bond donors (Lipinski definition) is 1. The standard InChI is InChI=1S/C9H14ClN3O2S2/c1-6(5-17(3,14)15)11-8-4-7(10)12-9(13-8)16-2/h4,6H,5H2,1-3H3,(H,11,12,13). The molecule has 0 saturated carbocycles. The van der Waals surface area contributed by atoms with E-state index in [2.05, 4.69) is 15.3 Å². The minimum absolute atomic E-state index is 0.0449. The van der Waals surface area contributed by atoms with Crippen LogP contribution in [0, 0.1) is 0 Å². The van der Waals surface area contributed by atoms with E-state index in [-0.39, 0.29) is 11.8 Å². The fourth-order valence-corrected chi connectivity index (χ4v) is 2.91.